The molecule has 1 fully saturated rings. The number of amides is 4. The summed E-state index contributed by atoms with van der Waals surface area (Å²) >= 11 is 1.70. The predicted molar refractivity (Wildman–Crippen MR) is 122 cm³/mol. The first kappa shape index (κ1) is 23.0. The van der Waals surface area contributed by atoms with E-state index in [9.17, 15) is 24.3 Å². The minimum absolute atomic E-state index is 0.0878. The Morgan fingerprint density at radius 3 is 2.61 bits per heavy atom. The highest BCUT2D eigenvalue weighted by Gasteiger charge is 2.52. The SMILES string of the molecule is CCSc1ccc(C(=O)NCc2ccc3c(c2)C(O)N([C@@]2(C)CCC(=O)NC2=O)C3=O)cc1. The van der Waals surface area contributed by atoms with Crippen LogP contribution in [0.15, 0.2) is 47.4 Å². The second-order valence-electron chi connectivity index (χ2n) is 8.26. The zero-order valence-corrected chi connectivity index (χ0v) is 19.2. The average Bonchev–Trinajstić information content (AvgIpc) is 3.05. The molecule has 0 radical (unpaired) electrons. The van der Waals surface area contributed by atoms with Crippen molar-refractivity contribution in [3.05, 3.63) is 64.7 Å². The minimum atomic E-state index is -1.33. The van der Waals surface area contributed by atoms with Gasteiger partial charge in [-0.1, -0.05) is 13.0 Å². The number of hydrogen-bond acceptors (Lipinski definition) is 6. The first-order valence-corrected chi connectivity index (χ1v) is 11.7. The topological polar surface area (TPSA) is 116 Å². The van der Waals surface area contributed by atoms with Gasteiger partial charge in [-0.25, -0.2) is 0 Å². The first-order chi connectivity index (χ1) is 15.7. The van der Waals surface area contributed by atoms with E-state index < -0.39 is 29.5 Å². The molecule has 8 nitrogen and oxygen atoms in total. The van der Waals surface area contributed by atoms with E-state index in [1.54, 1.807) is 49.0 Å². The summed E-state index contributed by atoms with van der Waals surface area (Å²) in [6.45, 7) is 3.83. The fraction of sp³-hybridized carbons (Fsp3) is 0.333. The van der Waals surface area contributed by atoms with Crippen LogP contribution in [0.4, 0.5) is 0 Å². The normalized spacial score (nSPS) is 22.2. The van der Waals surface area contributed by atoms with Crippen LogP contribution in [0.25, 0.3) is 0 Å². The lowest BCUT2D eigenvalue weighted by molar-refractivity contribution is -0.147. The van der Waals surface area contributed by atoms with Gasteiger partial charge in [0.05, 0.1) is 0 Å². The van der Waals surface area contributed by atoms with Crippen molar-refractivity contribution in [1.29, 1.82) is 0 Å². The molecule has 2 aromatic rings. The quantitative estimate of drug-likeness (QED) is 0.444. The van der Waals surface area contributed by atoms with E-state index in [1.807, 2.05) is 12.1 Å². The van der Waals surface area contributed by atoms with Gasteiger partial charge in [-0.3, -0.25) is 29.4 Å². The molecular weight excluding hydrogens is 442 g/mol. The van der Waals surface area contributed by atoms with Gasteiger partial charge in [0.15, 0.2) is 6.23 Å². The van der Waals surface area contributed by atoms with Gasteiger partial charge in [-0.2, -0.15) is 0 Å². The van der Waals surface area contributed by atoms with Crippen molar-refractivity contribution in [2.24, 2.45) is 0 Å². The monoisotopic (exact) mass is 467 g/mol. The number of piperidine rings is 1. The van der Waals surface area contributed by atoms with Gasteiger partial charge in [-0.15, -0.1) is 11.8 Å². The molecule has 0 saturated carbocycles. The van der Waals surface area contributed by atoms with Crippen LogP contribution >= 0.6 is 11.8 Å². The van der Waals surface area contributed by atoms with Crippen LogP contribution in [0.5, 0.6) is 0 Å². The molecule has 3 N–H and O–H groups in total. The first-order valence-electron chi connectivity index (χ1n) is 10.7. The number of carbonyl (C=O) groups is 4. The molecule has 4 amide bonds. The number of fused-ring (bicyclic) bond motifs is 1. The van der Waals surface area contributed by atoms with Crippen molar-refractivity contribution in [2.75, 3.05) is 5.75 Å². The van der Waals surface area contributed by atoms with Crippen LogP contribution in [0.1, 0.15) is 64.8 Å². The Morgan fingerprint density at radius 2 is 1.94 bits per heavy atom. The molecule has 4 rings (SSSR count). The Bertz CT molecular complexity index is 1130. The van der Waals surface area contributed by atoms with E-state index in [-0.39, 0.29) is 25.3 Å². The van der Waals surface area contributed by atoms with Gasteiger partial charge >= 0.3 is 0 Å². The van der Waals surface area contributed by atoms with Crippen molar-refractivity contribution >= 4 is 35.4 Å². The Hall–Kier alpha value is -3.17. The number of thioether (sulfide) groups is 1. The molecule has 1 unspecified atom stereocenters. The summed E-state index contributed by atoms with van der Waals surface area (Å²) in [7, 11) is 0. The van der Waals surface area contributed by atoms with Gasteiger partial charge in [-0.05, 0) is 61.1 Å². The molecule has 2 heterocycles. The van der Waals surface area contributed by atoms with Crippen molar-refractivity contribution in [3.63, 3.8) is 0 Å². The molecule has 0 bridgehead atoms. The van der Waals surface area contributed by atoms with Crippen molar-refractivity contribution in [1.82, 2.24) is 15.5 Å². The molecular formula is C24H25N3O5S. The number of aliphatic hydroxyl groups is 1. The van der Waals surface area contributed by atoms with Gasteiger partial charge in [0.2, 0.25) is 5.91 Å². The van der Waals surface area contributed by atoms with E-state index >= 15 is 0 Å². The molecule has 2 atom stereocenters. The van der Waals surface area contributed by atoms with E-state index in [4.69, 9.17) is 0 Å². The van der Waals surface area contributed by atoms with E-state index in [0.717, 1.165) is 15.5 Å². The molecule has 33 heavy (non-hydrogen) atoms. The fourth-order valence-corrected chi connectivity index (χ4v) is 4.84. The largest absolute Gasteiger partial charge is 0.369 e. The lowest BCUT2D eigenvalue weighted by atomic mass is 9.89. The molecule has 0 spiro atoms. The summed E-state index contributed by atoms with van der Waals surface area (Å²) in [6.07, 6.45) is -1.10. The van der Waals surface area contributed by atoms with Crippen LogP contribution in [-0.2, 0) is 16.1 Å². The third kappa shape index (κ3) is 4.26. The Labute approximate surface area is 195 Å². The standard InChI is InChI=1S/C24H25N3O5S/c1-3-33-16-7-5-15(6-8-16)20(29)25-13-14-4-9-17-18(12-14)22(31)27(21(17)30)24(2)11-10-19(28)26-23(24)32/h4-9,12,22,31H,3,10-11,13H2,1-2H3,(H,25,29)(H,26,28,32)/t22?,24-/m0/s1. The molecule has 0 aliphatic carbocycles. The van der Waals surface area contributed by atoms with Gasteiger partial charge < -0.3 is 10.4 Å². The van der Waals surface area contributed by atoms with Crippen LogP contribution in [0.2, 0.25) is 0 Å². The number of carbonyl (C=O) groups excluding carboxylic acids is 4. The number of benzene rings is 2. The van der Waals surface area contributed by atoms with Gasteiger partial charge in [0.1, 0.15) is 5.54 Å². The summed E-state index contributed by atoms with van der Waals surface area (Å²) in [5, 5.41) is 16.0. The molecule has 2 aliphatic rings. The van der Waals surface area contributed by atoms with Crippen molar-refractivity contribution in [3.8, 4) is 0 Å². The zero-order valence-electron chi connectivity index (χ0n) is 18.4. The van der Waals surface area contributed by atoms with E-state index in [0.29, 0.717) is 22.3 Å². The Balaban J connectivity index is 1.47. The number of rotatable bonds is 6. The summed E-state index contributed by atoms with van der Waals surface area (Å²) in [4.78, 5) is 51.8. The molecule has 2 aliphatic heterocycles. The Kier molecular flexibility index (Phi) is 6.27. The molecule has 1 saturated heterocycles. The Morgan fingerprint density at radius 1 is 1.21 bits per heavy atom. The smallest absolute Gasteiger partial charge is 0.257 e. The van der Waals surface area contributed by atoms with E-state index in [2.05, 4.69) is 17.6 Å². The van der Waals surface area contributed by atoms with Gasteiger partial charge in [0.25, 0.3) is 17.7 Å². The lowest BCUT2D eigenvalue weighted by Crippen LogP contribution is -2.62. The third-order valence-corrected chi connectivity index (χ3v) is 6.98. The lowest BCUT2D eigenvalue weighted by Gasteiger charge is -2.41. The minimum Gasteiger partial charge on any atom is -0.369 e. The summed E-state index contributed by atoms with van der Waals surface area (Å²) < 4.78 is 0. The molecule has 0 aromatic heterocycles. The maximum absolute atomic E-state index is 13.0. The van der Waals surface area contributed by atoms with Crippen molar-refractivity contribution in [2.45, 2.75) is 49.9 Å². The second-order valence-corrected chi connectivity index (χ2v) is 9.60. The highest BCUT2D eigenvalue weighted by Crippen LogP contribution is 2.40. The van der Waals surface area contributed by atoms with Gasteiger partial charge in [0, 0.05) is 34.6 Å². The highest BCUT2D eigenvalue weighted by atomic mass is 32.2. The predicted octanol–water partition coefficient (Wildman–Crippen LogP) is 2.37. The maximum atomic E-state index is 13.0. The summed E-state index contributed by atoms with van der Waals surface area (Å²) in [5.74, 6) is -0.733. The average molecular weight is 468 g/mol. The highest BCUT2D eigenvalue weighted by molar-refractivity contribution is 7.99. The molecule has 172 valence electrons. The number of imide groups is 1. The fourth-order valence-electron chi connectivity index (χ4n) is 4.18. The van der Waals surface area contributed by atoms with Crippen LogP contribution in [0, 0.1) is 0 Å². The summed E-state index contributed by atoms with van der Waals surface area (Å²) in [6, 6.07) is 12.3. The zero-order chi connectivity index (χ0) is 23.8. The van der Waals surface area contributed by atoms with Crippen LogP contribution in [-0.4, -0.2) is 44.9 Å². The maximum Gasteiger partial charge on any atom is 0.257 e. The second kappa shape index (κ2) is 8.99. The number of nitrogens with zero attached hydrogens (tertiary/aromatic N) is 1. The summed E-state index contributed by atoms with van der Waals surface area (Å²) in [5.41, 5.74) is 0.595. The number of nitrogens with one attached hydrogen (secondary N) is 2. The van der Waals surface area contributed by atoms with Crippen LogP contribution < -0.4 is 10.6 Å². The molecule has 2 aromatic carbocycles. The molecule has 9 heteroatoms. The number of aliphatic hydroxyl groups excluding tert-OH is 1. The van der Waals surface area contributed by atoms with E-state index in [1.165, 1.54) is 0 Å². The van der Waals surface area contributed by atoms with Crippen LogP contribution in [0.3, 0.4) is 0 Å². The van der Waals surface area contributed by atoms with Crippen molar-refractivity contribution < 1.29 is 24.3 Å². The number of hydrogen-bond donors (Lipinski definition) is 3. The third-order valence-electron chi connectivity index (χ3n) is 6.08.